The first-order valence-corrected chi connectivity index (χ1v) is 17.3. The summed E-state index contributed by atoms with van der Waals surface area (Å²) in [6, 6.07) is 16.8. The maximum Gasteiger partial charge on any atom is 0.407 e. The highest BCUT2D eigenvalue weighted by atomic mass is 16.6. The lowest BCUT2D eigenvalue weighted by Crippen LogP contribution is -2.41. The van der Waals surface area contributed by atoms with Gasteiger partial charge < -0.3 is 25.4 Å². The van der Waals surface area contributed by atoms with Crippen LogP contribution in [0.4, 0.5) is 10.5 Å². The molecule has 0 radical (unpaired) electrons. The van der Waals surface area contributed by atoms with Crippen molar-refractivity contribution < 1.29 is 29.0 Å². The number of alkyl carbamates (subject to hydrolysis) is 1. The molecule has 1 aromatic heterocycles. The van der Waals surface area contributed by atoms with Gasteiger partial charge >= 0.3 is 12.1 Å². The lowest BCUT2D eigenvalue weighted by Gasteiger charge is -2.23. The van der Waals surface area contributed by atoms with Gasteiger partial charge in [0.05, 0.1) is 22.3 Å². The number of nitrogens with zero attached hydrogens (tertiary/aromatic N) is 4. The monoisotopic (exact) mass is 706 g/mol. The number of hydrogen-bond acceptors (Lipinski definition) is 8. The summed E-state index contributed by atoms with van der Waals surface area (Å²) in [4.78, 5) is 76.9. The minimum atomic E-state index is -1.23. The molecule has 3 heterocycles. The molecule has 0 fully saturated rings. The van der Waals surface area contributed by atoms with Gasteiger partial charge in [0.1, 0.15) is 17.5 Å². The van der Waals surface area contributed by atoms with Gasteiger partial charge in [-0.2, -0.15) is 0 Å². The van der Waals surface area contributed by atoms with Crippen molar-refractivity contribution in [1.29, 1.82) is 0 Å². The molecule has 3 N–H and O–H groups in total. The van der Waals surface area contributed by atoms with Crippen molar-refractivity contribution in [2.45, 2.75) is 78.1 Å². The SMILES string of the molecule is Cc1cc2c3c(c1)C(c1ccccc1)=NC(n1c(C)nc4cc(C(=O)N[C@@H](CCCCNC(=O)OC(C)(C)C)C(=O)O)ccc4c1=O)C(=O)N3CC2. The van der Waals surface area contributed by atoms with Crippen molar-refractivity contribution in [1.82, 2.24) is 20.2 Å². The molecule has 2 aliphatic rings. The maximum absolute atomic E-state index is 14.3. The third-order valence-corrected chi connectivity index (χ3v) is 9.02. The Morgan fingerprint density at radius 1 is 1.02 bits per heavy atom. The van der Waals surface area contributed by atoms with Gasteiger partial charge in [-0.05, 0) is 90.1 Å². The minimum Gasteiger partial charge on any atom is -0.480 e. The van der Waals surface area contributed by atoms with Crippen LogP contribution in [0.5, 0.6) is 0 Å². The van der Waals surface area contributed by atoms with Gasteiger partial charge in [-0.3, -0.25) is 19.0 Å². The average Bonchev–Trinajstić information content (AvgIpc) is 3.46. The Hall–Kier alpha value is -5.85. The molecule has 13 heteroatoms. The number of carboxylic acid groups (broad SMARTS) is 1. The number of anilines is 1. The molecule has 2 atom stereocenters. The van der Waals surface area contributed by atoms with E-state index in [9.17, 15) is 29.1 Å². The van der Waals surface area contributed by atoms with Crippen molar-refractivity contribution >= 4 is 46.2 Å². The number of carboxylic acids is 1. The molecule has 0 saturated heterocycles. The zero-order valence-electron chi connectivity index (χ0n) is 29.9. The number of aliphatic imine (C=N–C) groups is 1. The molecule has 52 heavy (non-hydrogen) atoms. The van der Waals surface area contributed by atoms with Crippen molar-refractivity contribution in [3.8, 4) is 0 Å². The van der Waals surface area contributed by atoms with Gasteiger partial charge in [0.15, 0.2) is 0 Å². The highest BCUT2D eigenvalue weighted by molar-refractivity contribution is 6.20. The van der Waals surface area contributed by atoms with Crippen LogP contribution in [0.25, 0.3) is 10.9 Å². The zero-order valence-corrected chi connectivity index (χ0v) is 29.9. The number of carbonyl (C=O) groups excluding carboxylic acids is 3. The normalized spacial score (nSPS) is 15.8. The van der Waals surface area contributed by atoms with Crippen molar-refractivity contribution in [3.63, 3.8) is 0 Å². The second-order valence-corrected chi connectivity index (χ2v) is 14.1. The number of benzene rings is 3. The number of aryl methyl sites for hydroxylation is 2. The molecular weight excluding hydrogens is 664 g/mol. The number of amides is 3. The van der Waals surface area contributed by atoms with Gasteiger partial charge in [-0.25, -0.2) is 19.6 Å². The molecule has 1 unspecified atom stereocenters. The van der Waals surface area contributed by atoms with Crippen molar-refractivity contribution in [3.05, 3.63) is 105 Å². The molecule has 3 aromatic carbocycles. The third kappa shape index (κ3) is 7.43. The number of hydrogen-bond donors (Lipinski definition) is 3. The van der Waals surface area contributed by atoms with Gasteiger partial charge in [-0.15, -0.1) is 0 Å². The molecule has 0 saturated carbocycles. The van der Waals surface area contributed by atoms with E-state index in [4.69, 9.17) is 9.73 Å². The number of rotatable bonds is 10. The second kappa shape index (κ2) is 14.4. The number of nitrogens with one attached hydrogen (secondary N) is 2. The lowest BCUT2D eigenvalue weighted by atomic mass is 9.96. The van der Waals surface area contributed by atoms with Gasteiger partial charge in [-0.1, -0.05) is 42.0 Å². The largest absolute Gasteiger partial charge is 0.480 e. The summed E-state index contributed by atoms with van der Waals surface area (Å²) >= 11 is 0. The highest BCUT2D eigenvalue weighted by Gasteiger charge is 2.38. The number of aliphatic carboxylic acids is 1. The Kier molecular flexibility index (Phi) is 9.96. The van der Waals surface area contributed by atoms with E-state index in [0.717, 1.165) is 27.9 Å². The summed E-state index contributed by atoms with van der Waals surface area (Å²) in [5, 5.41) is 15.1. The van der Waals surface area contributed by atoms with Crippen molar-refractivity contribution in [2.75, 3.05) is 18.0 Å². The van der Waals surface area contributed by atoms with Crippen LogP contribution in [0, 0.1) is 13.8 Å². The molecule has 4 aromatic rings. The van der Waals surface area contributed by atoms with Gasteiger partial charge in [0, 0.05) is 29.8 Å². The van der Waals surface area contributed by atoms with Crippen molar-refractivity contribution in [2.24, 2.45) is 4.99 Å². The van der Waals surface area contributed by atoms with E-state index < -0.39 is 41.3 Å². The number of unbranched alkanes of at least 4 members (excludes halogenated alkanes) is 1. The van der Waals surface area contributed by atoms with E-state index >= 15 is 0 Å². The summed E-state index contributed by atoms with van der Waals surface area (Å²) < 4.78 is 6.50. The van der Waals surface area contributed by atoms with E-state index in [-0.39, 0.29) is 34.6 Å². The quantitative estimate of drug-likeness (QED) is 0.197. The van der Waals surface area contributed by atoms with E-state index in [0.29, 0.717) is 38.1 Å². The van der Waals surface area contributed by atoms with Crippen LogP contribution in [0.2, 0.25) is 0 Å². The first kappa shape index (κ1) is 36.0. The Bertz CT molecular complexity index is 2170. The van der Waals surface area contributed by atoms with E-state index in [2.05, 4.69) is 21.7 Å². The van der Waals surface area contributed by atoms with Crippen LogP contribution in [0.15, 0.2) is 70.5 Å². The highest BCUT2D eigenvalue weighted by Crippen LogP contribution is 2.39. The zero-order chi connectivity index (χ0) is 37.3. The molecule has 13 nitrogen and oxygen atoms in total. The third-order valence-electron chi connectivity index (χ3n) is 9.02. The summed E-state index contributed by atoms with van der Waals surface area (Å²) in [6.45, 7) is 9.66. The lowest BCUT2D eigenvalue weighted by molar-refractivity contribution is -0.139. The number of fused-ring (bicyclic) bond motifs is 1. The predicted molar refractivity (Wildman–Crippen MR) is 196 cm³/mol. The molecule has 0 spiro atoms. The number of ether oxygens (including phenoxy) is 1. The first-order valence-electron chi connectivity index (χ1n) is 17.3. The average molecular weight is 707 g/mol. The molecular formula is C39H42N6O7. The predicted octanol–water partition coefficient (Wildman–Crippen LogP) is 4.83. The Morgan fingerprint density at radius 3 is 2.48 bits per heavy atom. The second-order valence-electron chi connectivity index (χ2n) is 14.1. The molecule has 3 amide bonds. The minimum absolute atomic E-state index is 0.125. The van der Waals surface area contributed by atoms with Crippen LogP contribution in [0.3, 0.4) is 0 Å². The maximum atomic E-state index is 14.3. The summed E-state index contributed by atoms with van der Waals surface area (Å²) in [5.41, 5.74) is 4.40. The summed E-state index contributed by atoms with van der Waals surface area (Å²) in [5.74, 6) is -1.94. The van der Waals surface area contributed by atoms with Gasteiger partial charge in [0.2, 0.25) is 6.17 Å². The van der Waals surface area contributed by atoms with Crippen LogP contribution < -0.4 is 21.1 Å². The number of aromatic nitrogens is 2. The molecule has 2 aliphatic heterocycles. The van der Waals surface area contributed by atoms with E-state index in [1.54, 1.807) is 32.6 Å². The van der Waals surface area contributed by atoms with E-state index in [1.165, 1.54) is 22.8 Å². The van der Waals surface area contributed by atoms with Crippen LogP contribution in [-0.2, 0) is 20.7 Å². The Morgan fingerprint density at radius 2 is 1.77 bits per heavy atom. The fourth-order valence-corrected chi connectivity index (χ4v) is 6.71. The molecule has 0 aliphatic carbocycles. The van der Waals surface area contributed by atoms with Crippen LogP contribution in [-0.4, -0.2) is 69.0 Å². The smallest absolute Gasteiger partial charge is 0.407 e. The fraction of sp³-hybridized carbons (Fsp3) is 0.359. The van der Waals surface area contributed by atoms with Crippen LogP contribution >= 0.6 is 0 Å². The van der Waals surface area contributed by atoms with Crippen LogP contribution in [0.1, 0.15) is 84.6 Å². The Labute approximate surface area is 300 Å². The molecule has 270 valence electrons. The standard InChI is InChI=1S/C39H42N6O7/c1-22-19-25-16-18-44-32(25)28(20-22)31(24-11-7-6-8-12-24)43-33(36(44)48)45-23(2)41-30-21-26(14-15-27(30)35(45)47)34(46)42-29(37(49)50)13-9-10-17-40-38(51)52-39(3,4)5/h6-8,11-12,14-15,19-21,29,33H,9-10,13,16-18H2,1-5H3,(H,40,51)(H,42,46)(H,49,50)/t29-,33?/m0/s1. The first-order chi connectivity index (χ1) is 24.7. The van der Waals surface area contributed by atoms with Gasteiger partial charge in [0.25, 0.3) is 17.4 Å². The summed E-state index contributed by atoms with van der Waals surface area (Å²) in [7, 11) is 0. The number of carbonyl (C=O) groups is 4. The van der Waals surface area contributed by atoms with E-state index in [1.807, 2.05) is 43.3 Å². The topological polar surface area (TPSA) is 172 Å². The molecule has 0 bridgehead atoms. The Balaban J connectivity index is 1.25. The summed E-state index contributed by atoms with van der Waals surface area (Å²) in [6.07, 6.45) is -0.0585. The fourth-order valence-electron chi connectivity index (χ4n) is 6.71. The molecule has 6 rings (SSSR count).